The Morgan fingerprint density at radius 3 is 2.44 bits per heavy atom. The SMILES string of the molecule is Cc1nc(C(CCCC(C)O)N(C)C(=O)OC(C)(C)C)[nH]c(=O)c1O. The van der Waals surface area contributed by atoms with Gasteiger partial charge in [-0.1, -0.05) is 0 Å². The van der Waals surface area contributed by atoms with Crippen LogP contribution < -0.4 is 5.56 Å². The van der Waals surface area contributed by atoms with Gasteiger partial charge in [0.2, 0.25) is 5.75 Å². The Morgan fingerprint density at radius 2 is 1.96 bits per heavy atom. The highest BCUT2D eigenvalue weighted by atomic mass is 16.6. The van der Waals surface area contributed by atoms with Crippen LogP contribution in [-0.2, 0) is 4.74 Å². The molecule has 0 saturated heterocycles. The summed E-state index contributed by atoms with van der Waals surface area (Å²) in [5.41, 5.74) is -1.11. The molecule has 1 amide bonds. The lowest BCUT2D eigenvalue weighted by atomic mass is 10.1. The van der Waals surface area contributed by atoms with Crippen molar-refractivity contribution >= 4 is 6.09 Å². The first-order valence-electron chi connectivity index (χ1n) is 8.36. The van der Waals surface area contributed by atoms with E-state index in [0.717, 1.165) is 0 Å². The second-order valence-electron chi connectivity index (χ2n) is 7.27. The number of ether oxygens (including phenoxy) is 1. The van der Waals surface area contributed by atoms with E-state index >= 15 is 0 Å². The van der Waals surface area contributed by atoms with Crippen LogP contribution in [0.15, 0.2) is 4.79 Å². The van der Waals surface area contributed by atoms with Crippen molar-refractivity contribution in [3.05, 3.63) is 21.9 Å². The highest BCUT2D eigenvalue weighted by molar-refractivity contribution is 5.68. The maximum atomic E-state index is 12.4. The third kappa shape index (κ3) is 6.38. The fourth-order valence-corrected chi connectivity index (χ4v) is 2.34. The molecule has 0 aliphatic rings. The Morgan fingerprint density at radius 1 is 1.36 bits per heavy atom. The van der Waals surface area contributed by atoms with Crippen molar-refractivity contribution in [1.29, 1.82) is 0 Å². The van der Waals surface area contributed by atoms with Crippen LogP contribution in [0.2, 0.25) is 0 Å². The molecule has 0 fully saturated rings. The molecule has 1 rings (SSSR count). The number of aromatic nitrogens is 2. The number of aryl methyl sites for hydroxylation is 1. The van der Waals surface area contributed by atoms with Gasteiger partial charge in [-0.3, -0.25) is 4.79 Å². The van der Waals surface area contributed by atoms with E-state index in [1.165, 1.54) is 11.8 Å². The largest absolute Gasteiger partial charge is 0.502 e. The molecule has 0 aliphatic carbocycles. The first-order chi connectivity index (χ1) is 11.4. The Kier molecular flexibility index (Phi) is 6.98. The molecule has 1 aromatic heterocycles. The number of carbonyl (C=O) groups is 1. The van der Waals surface area contributed by atoms with E-state index in [1.54, 1.807) is 34.7 Å². The van der Waals surface area contributed by atoms with Crippen molar-refractivity contribution in [2.24, 2.45) is 0 Å². The number of nitrogens with zero attached hydrogens (tertiary/aromatic N) is 2. The predicted molar refractivity (Wildman–Crippen MR) is 93.5 cm³/mol. The molecule has 2 atom stereocenters. The van der Waals surface area contributed by atoms with Gasteiger partial charge in [-0.15, -0.1) is 0 Å². The zero-order valence-electron chi connectivity index (χ0n) is 15.8. The van der Waals surface area contributed by atoms with Crippen molar-refractivity contribution in [2.45, 2.75) is 71.6 Å². The number of aromatic amines is 1. The van der Waals surface area contributed by atoms with Crippen LogP contribution in [0.3, 0.4) is 0 Å². The van der Waals surface area contributed by atoms with E-state index < -0.39 is 35.1 Å². The first kappa shape index (κ1) is 21.0. The van der Waals surface area contributed by atoms with Crippen LogP contribution in [0.1, 0.15) is 64.5 Å². The molecule has 8 nitrogen and oxygen atoms in total. The standard InChI is InChI=1S/C17H29N3O5/c1-10(21)8-7-9-12(20(6)16(24)25-17(3,4)5)14-18-11(2)13(22)15(23)19-14/h10,12,21-22H,7-9H2,1-6H3,(H,18,19,23). The number of aromatic hydroxyl groups is 1. The maximum absolute atomic E-state index is 12.4. The van der Waals surface area contributed by atoms with Crippen molar-refractivity contribution in [1.82, 2.24) is 14.9 Å². The monoisotopic (exact) mass is 355 g/mol. The molecule has 0 aromatic carbocycles. The van der Waals surface area contributed by atoms with Crippen LogP contribution in [0.5, 0.6) is 5.75 Å². The van der Waals surface area contributed by atoms with Crippen LogP contribution in [0.25, 0.3) is 0 Å². The average Bonchev–Trinajstić information content (AvgIpc) is 2.46. The fourth-order valence-electron chi connectivity index (χ4n) is 2.34. The van der Waals surface area contributed by atoms with E-state index in [-0.39, 0.29) is 11.5 Å². The number of H-pyrrole nitrogens is 1. The van der Waals surface area contributed by atoms with E-state index in [2.05, 4.69) is 9.97 Å². The van der Waals surface area contributed by atoms with Gasteiger partial charge in [0.1, 0.15) is 11.4 Å². The van der Waals surface area contributed by atoms with Gasteiger partial charge in [-0.05, 0) is 53.9 Å². The Bertz CT molecular complexity index is 649. The number of carbonyl (C=O) groups excluding carboxylic acids is 1. The normalized spacial score (nSPS) is 14.0. The Hall–Kier alpha value is -2.09. The topological polar surface area (TPSA) is 116 Å². The summed E-state index contributed by atoms with van der Waals surface area (Å²) in [5, 5.41) is 19.1. The number of amides is 1. The number of aliphatic hydroxyl groups excluding tert-OH is 1. The highest BCUT2D eigenvalue weighted by Crippen LogP contribution is 2.25. The Labute approximate surface area is 147 Å². The zero-order chi connectivity index (χ0) is 19.4. The third-order valence-electron chi connectivity index (χ3n) is 3.65. The first-order valence-corrected chi connectivity index (χ1v) is 8.36. The van der Waals surface area contributed by atoms with Gasteiger partial charge < -0.3 is 24.8 Å². The molecular weight excluding hydrogens is 326 g/mol. The summed E-state index contributed by atoms with van der Waals surface area (Å²) in [5.74, 6) is -0.161. The lowest BCUT2D eigenvalue weighted by Gasteiger charge is -2.30. The molecule has 0 bridgehead atoms. The molecule has 0 spiro atoms. The predicted octanol–water partition coefficient (Wildman–Crippen LogP) is 2.24. The molecule has 2 unspecified atom stereocenters. The van der Waals surface area contributed by atoms with Crippen LogP contribution >= 0.6 is 0 Å². The summed E-state index contributed by atoms with van der Waals surface area (Å²) in [6, 6.07) is -0.541. The Balaban J connectivity index is 3.11. The molecular formula is C17H29N3O5. The van der Waals surface area contributed by atoms with E-state index in [0.29, 0.717) is 19.3 Å². The minimum Gasteiger partial charge on any atom is -0.502 e. The van der Waals surface area contributed by atoms with E-state index in [1.807, 2.05) is 0 Å². The van der Waals surface area contributed by atoms with Gasteiger partial charge in [0.15, 0.2) is 0 Å². The average molecular weight is 355 g/mol. The second kappa shape index (κ2) is 8.33. The van der Waals surface area contributed by atoms with Crippen LogP contribution in [0.4, 0.5) is 4.79 Å². The van der Waals surface area contributed by atoms with Crippen LogP contribution in [-0.4, -0.2) is 49.9 Å². The van der Waals surface area contributed by atoms with E-state index in [9.17, 15) is 19.8 Å². The minimum atomic E-state index is -0.652. The lowest BCUT2D eigenvalue weighted by molar-refractivity contribution is 0.0199. The highest BCUT2D eigenvalue weighted by Gasteiger charge is 2.28. The number of nitrogens with one attached hydrogen (secondary N) is 1. The summed E-state index contributed by atoms with van der Waals surface area (Å²) in [4.78, 5) is 32.4. The quantitative estimate of drug-likeness (QED) is 0.721. The van der Waals surface area contributed by atoms with Crippen molar-refractivity contribution < 1.29 is 19.7 Å². The molecule has 3 N–H and O–H groups in total. The number of rotatable bonds is 6. The smallest absolute Gasteiger partial charge is 0.410 e. The van der Waals surface area contributed by atoms with E-state index in [4.69, 9.17) is 4.74 Å². The third-order valence-corrected chi connectivity index (χ3v) is 3.65. The van der Waals surface area contributed by atoms with Gasteiger partial charge in [0.25, 0.3) is 5.56 Å². The zero-order valence-corrected chi connectivity index (χ0v) is 15.8. The van der Waals surface area contributed by atoms with Gasteiger partial charge >= 0.3 is 6.09 Å². The van der Waals surface area contributed by atoms with Crippen molar-refractivity contribution in [2.75, 3.05) is 7.05 Å². The summed E-state index contributed by atoms with van der Waals surface area (Å²) in [6.07, 6.45) is 0.663. The summed E-state index contributed by atoms with van der Waals surface area (Å²) >= 11 is 0. The summed E-state index contributed by atoms with van der Waals surface area (Å²) in [7, 11) is 1.57. The van der Waals surface area contributed by atoms with Gasteiger partial charge in [0, 0.05) is 7.05 Å². The number of aliphatic hydroxyl groups is 1. The molecule has 0 saturated carbocycles. The molecule has 25 heavy (non-hydrogen) atoms. The van der Waals surface area contributed by atoms with Gasteiger partial charge in [-0.2, -0.15) is 0 Å². The molecule has 0 radical (unpaired) electrons. The molecule has 8 heteroatoms. The molecule has 142 valence electrons. The van der Waals surface area contributed by atoms with Crippen molar-refractivity contribution in [3.8, 4) is 5.75 Å². The molecule has 1 heterocycles. The molecule has 1 aromatic rings. The minimum absolute atomic E-state index is 0.192. The summed E-state index contributed by atoms with van der Waals surface area (Å²) < 4.78 is 5.38. The van der Waals surface area contributed by atoms with Crippen LogP contribution in [0, 0.1) is 6.92 Å². The number of hydrogen-bond donors (Lipinski definition) is 3. The summed E-state index contributed by atoms with van der Waals surface area (Å²) in [6.45, 7) is 8.52. The number of hydrogen-bond acceptors (Lipinski definition) is 6. The maximum Gasteiger partial charge on any atom is 0.410 e. The fraction of sp³-hybridized carbons (Fsp3) is 0.706. The second-order valence-corrected chi connectivity index (χ2v) is 7.27. The van der Waals surface area contributed by atoms with Crippen molar-refractivity contribution in [3.63, 3.8) is 0 Å². The van der Waals surface area contributed by atoms with Gasteiger partial charge in [0.05, 0.1) is 17.8 Å². The van der Waals surface area contributed by atoms with Gasteiger partial charge in [-0.25, -0.2) is 9.78 Å². The molecule has 0 aliphatic heterocycles. The lowest BCUT2D eigenvalue weighted by Crippen LogP contribution is -2.38.